The number of amides is 2. The lowest BCUT2D eigenvalue weighted by molar-refractivity contribution is -0.124. The molecular weight excluding hydrogens is 511 g/mol. The van der Waals surface area contributed by atoms with E-state index in [9.17, 15) is 18.8 Å². The Kier molecular flexibility index (Phi) is 8.20. The molecule has 38 heavy (non-hydrogen) atoms. The summed E-state index contributed by atoms with van der Waals surface area (Å²) in [6.07, 6.45) is 1.56. The molecule has 1 aliphatic heterocycles. The van der Waals surface area contributed by atoms with Crippen LogP contribution in [-0.4, -0.2) is 83.2 Å². The van der Waals surface area contributed by atoms with Gasteiger partial charge in [-0.1, -0.05) is 23.7 Å². The van der Waals surface area contributed by atoms with Crippen LogP contribution in [0.5, 0.6) is 0 Å². The molecule has 1 aromatic heterocycles. The lowest BCUT2D eigenvalue weighted by Crippen LogP contribution is -2.57. The molecule has 1 aliphatic rings. The Hall–Kier alpha value is -3.27. The van der Waals surface area contributed by atoms with Crippen molar-refractivity contribution in [2.24, 2.45) is 0 Å². The second-order valence-corrected chi connectivity index (χ2v) is 10.4. The largest absolute Gasteiger partial charge is 0.364 e. The first-order valence-corrected chi connectivity index (χ1v) is 12.8. The monoisotopic (exact) mass is 542 g/mol. The molecule has 3 aromatic rings. The van der Waals surface area contributed by atoms with Gasteiger partial charge in [-0.3, -0.25) is 19.3 Å². The van der Waals surface area contributed by atoms with Crippen LogP contribution in [0.2, 0.25) is 5.02 Å². The topological polar surface area (TPSA) is 75.1 Å². The van der Waals surface area contributed by atoms with E-state index in [1.807, 2.05) is 6.92 Å². The number of fused-ring (bicyclic) bond motifs is 1. The van der Waals surface area contributed by atoms with Crippen LogP contribution in [0.1, 0.15) is 40.1 Å². The Morgan fingerprint density at radius 2 is 1.74 bits per heavy atom. The molecule has 0 unspecified atom stereocenters. The number of piperazine rings is 1. The zero-order valence-electron chi connectivity index (χ0n) is 22.2. The summed E-state index contributed by atoms with van der Waals surface area (Å²) < 4.78 is 20.2. The minimum Gasteiger partial charge on any atom is -0.364 e. The minimum absolute atomic E-state index is 0.0559. The van der Waals surface area contributed by atoms with Gasteiger partial charge in [-0.05, 0) is 43.7 Å². The summed E-state index contributed by atoms with van der Waals surface area (Å²) in [6.45, 7) is 5.94. The van der Waals surface area contributed by atoms with Crippen LogP contribution in [0.15, 0.2) is 42.6 Å². The zero-order chi connectivity index (χ0) is 27.7. The van der Waals surface area contributed by atoms with Crippen molar-refractivity contribution < 1.29 is 23.5 Å². The molecule has 2 heterocycles. The van der Waals surface area contributed by atoms with Gasteiger partial charge in [-0.15, -0.1) is 0 Å². The molecule has 2 aromatic carbocycles. The van der Waals surface area contributed by atoms with Crippen molar-refractivity contribution in [2.45, 2.75) is 39.2 Å². The number of methoxy groups -OCH3 is 1. The SMILES string of the molecule is COCn1cc(C(=O)C(=O)N(C)C)c2cc(C(=O)N3C[C@H](C)N(Cc4ccc(F)cc4)C[C@H]3C)c(Cl)cc21. The van der Waals surface area contributed by atoms with Crippen molar-refractivity contribution in [3.05, 3.63) is 70.1 Å². The number of carbonyl (C=O) groups excluding carboxylic acids is 3. The molecule has 1 fully saturated rings. The van der Waals surface area contributed by atoms with Crippen molar-refractivity contribution in [1.82, 2.24) is 19.3 Å². The maximum atomic E-state index is 13.8. The van der Waals surface area contributed by atoms with Crippen molar-refractivity contribution >= 4 is 40.1 Å². The van der Waals surface area contributed by atoms with Gasteiger partial charge in [0.05, 0.1) is 21.7 Å². The Morgan fingerprint density at radius 3 is 2.37 bits per heavy atom. The van der Waals surface area contributed by atoms with Gasteiger partial charge in [0.2, 0.25) is 0 Å². The van der Waals surface area contributed by atoms with Crippen molar-refractivity contribution in [2.75, 3.05) is 34.3 Å². The number of ketones is 1. The highest BCUT2D eigenvalue weighted by molar-refractivity contribution is 6.45. The van der Waals surface area contributed by atoms with Crippen LogP contribution in [0, 0.1) is 5.82 Å². The summed E-state index contributed by atoms with van der Waals surface area (Å²) >= 11 is 6.62. The van der Waals surface area contributed by atoms with Gasteiger partial charge < -0.3 is 19.1 Å². The van der Waals surface area contributed by atoms with Crippen LogP contribution in [0.25, 0.3) is 10.9 Å². The third-order valence-electron chi connectivity index (χ3n) is 6.99. The van der Waals surface area contributed by atoms with Gasteiger partial charge in [0.15, 0.2) is 0 Å². The van der Waals surface area contributed by atoms with E-state index in [2.05, 4.69) is 11.8 Å². The number of Topliss-reactive ketones (excluding diaryl/α,β-unsaturated/α-hetero) is 1. The molecule has 0 bridgehead atoms. The number of aromatic nitrogens is 1. The molecule has 2 atom stereocenters. The fraction of sp³-hybridized carbons (Fsp3) is 0.393. The number of halogens is 2. The number of nitrogens with zero attached hydrogens (tertiary/aromatic N) is 4. The Bertz CT molecular complexity index is 1370. The summed E-state index contributed by atoms with van der Waals surface area (Å²) in [7, 11) is 4.55. The predicted octanol–water partition coefficient (Wildman–Crippen LogP) is 4.04. The van der Waals surface area contributed by atoms with Crippen molar-refractivity contribution in [3.63, 3.8) is 0 Å². The second kappa shape index (κ2) is 11.2. The highest BCUT2D eigenvalue weighted by Gasteiger charge is 2.34. The standard InChI is InChI=1S/C28H32ClFN4O4/c1-17-13-34(18(2)12-32(17)14-19-6-8-20(30)9-7-19)27(36)22-10-21-23(26(35)28(37)31(3)4)15-33(16-38-5)25(21)11-24(22)29/h6-11,15,17-18H,12-14,16H2,1-5H3/t17-,18+/m0/s1. The van der Waals surface area contributed by atoms with Gasteiger partial charge in [0.1, 0.15) is 12.5 Å². The lowest BCUT2D eigenvalue weighted by Gasteiger charge is -2.44. The summed E-state index contributed by atoms with van der Waals surface area (Å²) in [5.41, 5.74) is 2.05. The number of benzene rings is 2. The van der Waals surface area contributed by atoms with E-state index in [1.54, 1.807) is 39.9 Å². The highest BCUT2D eigenvalue weighted by atomic mass is 35.5. The van der Waals surface area contributed by atoms with Crippen LogP contribution in [0.4, 0.5) is 4.39 Å². The number of hydrogen-bond acceptors (Lipinski definition) is 5. The first-order valence-electron chi connectivity index (χ1n) is 12.4. The van der Waals surface area contributed by atoms with Crippen LogP contribution < -0.4 is 0 Å². The number of hydrogen-bond donors (Lipinski definition) is 0. The molecule has 0 N–H and O–H groups in total. The summed E-state index contributed by atoms with van der Waals surface area (Å²) in [5.74, 6) is -1.85. The van der Waals surface area contributed by atoms with E-state index < -0.39 is 11.7 Å². The minimum atomic E-state index is -0.674. The van der Waals surface area contributed by atoms with Gasteiger partial charge in [0.25, 0.3) is 17.6 Å². The summed E-state index contributed by atoms with van der Waals surface area (Å²) in [6, 6.07) is 9.63. The number of rotatable bonds is 7. The number of likely N-dealkylation sites (N-methyl/N-ethyl adjacent to an activating group) is 1. The molecular formula is C28H32ClFN4O4. The van der Waals surface area contributed by atoms with E-state index >= 15 is 0 Å². The Balaban J connectivity index is 1.63. The van der Waals surface area contributed by atoms with E-state index in [-0.39, 0.29) is 46.7 Å². The van der Waals surface area contributed by atoms with Gasteiger partial charge in [-0.2, -0.15) is 0 Å². The molecule has 1 saturated heterocycles. The van der Waals surface area contributed by atoms with E-state index in [0.29, 0.717) is 30.5 Å². The maximum Gasteiger partial charge on any atom is 0.294 e. The molecule has 8 nitrogen and oxygen atoms in total. The fourth-order valence-corrected chi connectivity index (χ4v) is 5.14. The number of carbonyl (C=O) groups is 3. The van der Waals surface area contributed by atoms with Crippen LogP contribution >= 0.6 is 11.6 Å². The van der Waals surface area contributed by atoms with E-state index in [4.69, 9.17) is 16.3 Å². The third kappa shape index (κ3) is 5.45. The number of ether oxygens (including phenoxy) is 1. The molecule has 0 spiro atoms. The van der Waals surface area contributed by atoms with Crippen molar-refractivity contribution in [1.29, 1.82) is 0 Å². The van der Waals surface area contributed by atoms with Gasteiger partial charge in [-0.25, -0.2) is 4.39 Å². The average molecular weight is 543 g/mol. The second-order valence-electron chi connectivity index (χ2n) is 10.0. The normalized spacial score (nSPS) is 18.1. The first kappa shape index (κ1) is 27.8. The first-order chi connectivity index (χ1) is 18.0. The maximum absolute atomic E-state index is 13.8. The van der Waals surface area contributed by atoms with Crippen molar-refractivity contribution in [3.8, 4) is 0 Å². The quantitative estimate of drug-likeness (QED) is 0.333. The Labute approximate surface area is 226 Å². The molecule has 0 saturated carbocycles. The predicted molar refractivity (Wildman–Crippen MR) is 144 cm³/mol. The molecule has 4 rings (SSSR count). The summed E-state index contributed by atoms with van der Waals surface area (Å²) in [4.78, 5) is 44.5. The van der Waals surface area contributed by atoms with Crippen LogP contribution in [0.3, 0.4) is 0 Å². The molecule has 2 amide bonds. The summed E-state index contributed by atoms with van der Waals surface area (Å²) in [5, 5.41) is 0.718. The van der Waals surface area contributed by atoms with E-state index in [0.717, 1.165) is 5.56 Å². The van der Waals surface area contributed by atoms with Crippen LogP contribution in [-0.2, 0) is 22.8 Å². The molecule has 10 heteroatoms. The molecule has 0 aliphatic carbocycles. The Morgan fingerprint density at radius 1 is 1.05 bits per heavy atom. The third-order valence-corrected chi connectivity index (χ3v) is 7.30. The fourth-order valence-electron chi connectivity index (χ4n) is 4.90. The average Bonchev–Trinajstić information content (AvgIpc) is 3.22. The van der Waals surface area contributed by atoms with Gasteiger partial charge in [0, 0.05) is 64.5 Å². The lowest BCUT2D eigenvalue weighted by atomic mass is 10.0. The smallest absolute Gasteiger partial charge is 0.294 e. The molecule has 0 radical (unpaired) electrons. The highest BCUT2D eigenvalue weighted by Crippen LogP contribution is 2.31. The molecule has 202 valence electrons. The van der Waals surface area contributed by atoms with Gasteiger partial charge >= 0.3 is 0 Å². The van der Waals surface area contributed by atoms with E-state index in [1.165, 1.54) is 38.2 Å². The zero-order valence-corrected chi connectivity index (χ0v) is 23.0.